The zero-order valence-corrected chi connectivity index (χ0v) is 18.6. The van der Waals surface area contributed by atoms with Gasteiger partial charge in [0.15, 0.2) is 0 Å². The Kier molecular flexibility index (Phi) is 10.1. The SMILES string of the molecule is CCCCCCCOc1ccc(-c2ccc(OC(=O)[C@H](Cl)CC(C)C)cc2)cc1. The van der Waals surface area contributed by atoms with E-state index in [2.05, 4.69) is 6.92 Å². The first-order valence-electron chi connectivity index (χ1n) is 10.7. The van der Waals surface area contributed by atoms with E-state index in [0.717, 1.165) is 29.9 Å². The molecule has 0 saturated carbocycles. The maximum absolute atomic E-state index is 12.0. The van der Waals surface area contributed by atoms with E-state index in [1.54, 1.807) is 12.1 Å². The summed E-state index contributed by atoms with van der Waals surface area (Å²) in [5.74, 6) is 1.36. The molecule has 29 heavy (non-hydrogen) atoms. The minimum atomic E-state index is -0.617. The monoisotopic (exact) mass is 416 g/mol. The zero-order valence-electron chi connectivity index (χ0n) is 17.8. The molecule has 2 aromatic rings. The predicted molar refractivity (Wildman–Crippen MR) is 121 cm³/mol. The summed E-state index contributed by atoms with van der Waals surface area (Å²) in [6.45, 7) is 7.05. The van der Waals surface area contributed by atoms with Crippen LogP contribution in [0.5, 0.6) is 11.5 Å². The summed E-state index contributed by atoms with van der Waals surface area (Å²) in [6, 6.07) is 15.6. The van der Waals surface area contributed by atoms with E-state index in [1.165, 1.54) is 25.7 Å². The maximum atomic E-state index is 12.0. The average Bonchev–Trinajstić information content (AvgIpc) is 2.71. The van der Waals surface area contributed by atoms with E-state index in [0.29, 0.717) is 18.1 Å². The van der Waals surface area contributed by atoms with Crippen LogP contribution in [0, 0.1) is 5.92 Å². The lowest BCUT2D eigenvalue weighted by Gasteiger charge is -2.12. The quantitative estimate of drug-likeness (QED) is 0.158. The Balaban J connectivity index is 1.84. The van der Waals surface area contributed by atoms with Crippen LogP contribution in [-0.4, -0.2) is 18.0 Å². The number of carbonyl (C=O) groups is 1. The minimum Gasteiger partial charge on any atom is -0.494 e. The lowest BCUT2D eigenvalue weighted by Crippen LogP contribution is -2.22. The van der Waals surface area contributed by atoms with Gasteiger partial charge in [-0.25, -0.2) is 0 Å². The van der Waals surface area contributed by atoms with Gasteiger partial charge >= 0.3 is 5.97 Å². The van der Waals surface area contributed by atoms with E-state index in [4.69, 9.17) is 21.1 Å². The summed E-state index contributed by atoms with van der Waals surface area (Å²) >= 11 is 6.10. The number of carbonyl (C=O) groups excluding carboxylic acids is 1. The molecule has 2 rings (SSSR count). The highest BCUT2D eigenvalue weighted by molar-refractivity contribution is 6.30. The van der Waals surface area contributed by atoms with Gasteiger partial charge in [-0.05, 0) is 54.2 Å². The van der Waals surface area contributed by atoms with E-state index in [-0.39, 0.29) is 0 Å². The molecule has 0 spiro atoms. The van der Waals surface area contributed by atoms with Crippen molar-refractivity contribution in [2.45, 2.75) is 64.7 Å². The van der Waals surface area contributed by atoms with Gasteiger partial charge in [-0.2, -0.15) is 0 Å². The molecule has 0 aromatic heterocycles. The molecule has 158 valence electrons. The van der Waals surface area contributed by atoms with Crippen molar-refractivity contribution in [3.8, 4) is 22.6 Å². The summed E-state index contributed by atoms with van der Waals surface area (Å²) in [5, 5.41) is -0.617. The molecule has 0 aliphatic rings. The van der Waals surface area contributed by atoms with Gasteiger partial charge in [0.05, 0.1) is 6.61 Å². The minimum absolute atomic E-state index is 0.348. The third kappa shape index (κ3) is 8.49. The lowest BCUT2D eigenvalue weighted by atomic mass is 10.1. The van der Waals surface area contributed by atoms with Gasteiger partial charge in [-0.1, -0.05) is 70.7 Å². The molecule has 0 heterocycles. The van der Waals surface area contributed by atoms with Crippen LogP contribution in [-0.2, 0) is 4.79 Å². The number of rotatable bonds is 12. The summed E-state index contributed by atoms with van der Waals surface area (Å²) in [6.07, 6.45) is 6.78. The first kappa shape index (κ1) is 23.3. The summed E-state index contributed by atoms with van der Waals surface area (Å²) in [7, 11) is 0. The second kappa shape index (κ2) is 12.5. The van der Waals surface area contributed by atoms with Gasteiger partial charge in [-0.3, -0.25) is 4.79 Å². The molecule has 0 aliphatic carbocycles. The molecule has 0 bridgehead atoms. The van der Waals surface area contributed by atoms with Crippen LogP contribution < -0.4 is 9.47 Å². The Bertz CT molecular complexity index is 723. The zero-order chi connectivity index (χ0) is 21.1. The third-order valence-corrected chi connectivity index (χ3v) is 5.07. The predicted octanol–water partition coefficient (Wildman–Crippen LogP) is 7.26. The van der Waals surface area contributed by atoms with Crippen LogP contribution in [0.25, 0.3) is 11.1 Å². The number of alkyl halides is 1. The molecule has 0 fully saturated rings. The number of esters is 1. The Morgan fingerprint density at radius 1 is 0.862 bits per heavy atom. The largest absolute Gasteiger partial charge is 0.494 e. The van der Waals surface area contributed by atoms with Crippen molar-refractivity contribution in [2.75, 3.05) is 6.61 Å². The molecule has 1 atom stereocenters. The molecular weight excluding hydrogens is 384 g/mol. The summed E-state index contributed by atoms with van der Waals surface area (Å²) in [4.78, 5) is 12.0. The van der Waals surface area contributed by atoms with E-state index < -0.39 is 11.3 Å². The number of ether oxygens (including phenoxy) is 2. The van der Waals surface area contributed by atoms with E-state index in [1.807, 2.05) is 50.2 Å². The molecule has 0 radical (unpaired) electrons. The molecule has 0 unspecified atom stereocenters. The Hall–Kier alpha value is -2.00. The molecule has 0 N–H and O–H groups in total. The van der Waals surface area contributed by atoms with Crippen LogP contribution in [0.3, 0.4) is 0 Å². The van der Waals surface area contributed by atoms with Crippen LogP contribution in [0.4, 0.5) is 0 Å². The van der Waals surface area contributed by atoms with Gasteiger partial charge in [0, 0.05) is 0 Å². The molecule has 0 amide bonds. The lowest BCUT2D eigenvalue weighted by molar-refractivity contribution is -0.134. The van der Waals surface area contributed by atoms with Crippen molar-refractivity contribution in [3.05, 3.63) is 48.5 Å². The molecule has 0 aliphatic heterocycles. The Labute approximate surface area is 180 Å². The molecule has 4 heteroatoms. The van der Waals surface area contributed by atoms with Gasteiger partial charge < -0.3 is 9.47 Å². The van der Waals surface area contributed by atoms with Crippen molar-refractivity contribution >= 4 is 17.6 Å². The first-order valence-corrected chi connectivity index (χ1v) is 11.1. The number of hydrogen-bond acceptors (Lipinski definition) is 3. The number of hydrogen-bond donors (Lipinski definition) is 0. The molecule has 2 aromatic carbocycles. The van der Waals surface area contributed by atoms with E-state index >= 15 is 0 Å². The number of halogens is 1. The molecule has 0 saturated heterocycles. The number of unbranched alkanes of at least 4 members (excludes halogenated alkanes) is 4. The van der Waals surface area contributed by atoms with Crippen molar-refractivity contribution in [2.24, 2.45) is 5.92 Å². The van der Waals surface area contributed by atoms with Crippen molar-refractivity contribution in [1.29, 1.82) is 0 Å². The van der Waals surface area contributed by atoms with Crippen LogP contribution in [0.15, 0.2) is 48.5 Å². The standard InChI is InChI=1S/C25H33ClO3/c1-4-5-6-7-8-17-28-22-13-9-20(10-14-22)21-11-15-23(16-12-21)29-25(27)24(26)18-19(2)3/h9-16,19,24H,4-8,17-18H2,1-3H3/t24-/m1/s1. The topological polar surface area (TPSA) is 35.5 Å². The van der Waals surface area contributed by atoms with Gasteiger partial charge in [0.25, 0.3) is 0 Å². The van der Waals surface area contributed by atoms with E-state index in [9.17, 15) is 4.79 Å². The second-order valence-electron chi connectivity index (χ2n) is 7.83. The fraction of sp³-hybridized carbons (Fsp3) is 0.480. The number of benzene rings is 2. The van der Waals surface area contributed by atoms with Crippen molar-refractivity contribution in [3.63, 3.8) is 0 Å². The average molecular weight is 417 g/mol. The smallest absolute Gasteiger partial charge is 0.329 e. The Morgan fingerprint density at radius 2 is 1.41 bits per heavy atom. The van der Waals surface area contributed by atoms with Crippen LogP contribution in [0.1, 0.15) is 59.3 Å². The van der Waals surface area contributed by atoms with Crippen molar-refractivity contribution in [1.82, 2.24) is 0 Å². The van der Waals surface area contributed by atoms with Crippen LogP contribution >= 0.6 is 11.6 Å². The third-order valence-electron chi connectivity index (χ3n) is 4.71. The first-order chi connectivity index (χ1) is 14.0. The maximum Gasteiger partial charge on any atom is 0.329 e. The van der Waals surface area contributed by atoms with Gasteiger partial charge in [-0.15, -0.1) is 11.6 Å². The molecule has 3 nitrogen and oxygen atoms in total. The summed E-state index contributed by atoms with van der Waals surface area (Å²) < 4.78 is 11.2. The van der Waals surface area contributed by atoms with Gasteiger partial charge in [0.2, 0.25) is 0 Å². The highest BCUT2D eigenvalue weighted by Gasteiger charge is 2.19. The fourth-order valence-electron chi connectivity index (χ4n) is 3.04. The fourth-order valence-corrected chi connectivity index (χ4v) is 3.45. The highest BCUT2D eigenvalue weighted by Crippen LogP contribution is 2.25. The normalized spacial score (nSPS) is 12.0. The van der Waals surface area contributed by atoms with Crippen LogP contribution in [0.2, 0.25) is 0 Å². The van der Waals surface area contributed by atoms with Gasteiger partial charge in [0.1, 0.15) is 16.9 Å². The second-order valence-corrected chi connectivity index (χ2v) is 8.36. The summed E-state index contributed by atoms with van der Waals surface area (Å²) in [5.41, 5.74) is 2.15. The Morgan fingerprint density at radius 3 is 1.97 bits per heavy atom. The highest BCUT2D eigenvalue weighted by atomic mass is 35.5. The van der Waals surface area contributed by atoms with Crippen molar-refractivity contribution < 1.29 is 14.3 Å². The molecular formula is C25H33ClO3.